The number of hydrogen-bond donors (Lipinski definition) is 2. The number of benzene rings is 2. The normalized spacial score (nSPS) is 19.7. The first kappa shape index (κ1) is 20.7. The first-order valence-electron chi connectivity index (χ1n) is 10.2. The molecule has 0 saturated carbocycles. The van der Waals surface area contributed by atoms with Crippen LogP contribution in [0.25, 0.3) is 0 Å². The standard InChI is InChI=1S/C23H25N3O5/c1-14(2)16-5-7-17(8-6-16)24-20(27)12-26-21(28)23(3,25-22(26)29)11-15-4-9-18-19(10-15)31-13-30-18/h4-10,14H,11-13H2,1-3H3,(H,24,27)(H,25,29)/t23-/m1/s1. The van der Waals surface area contributed by atoms with E-state index < -0.39 is 23.4 Å². The highest BCUT2D eigenvalue weighted by Crippen LogP contribution is 2.34. The van der Waals surface area contributed by atoms with Crippen molar-refractivity contribution in [2.75, 3.05) is 18.7 Å². The van der Waals surface area contributed by atoms with Gasteiger partial charge in [-0.1, -0.05) is 32.0 Å². The molecule has 2 aromatic rings. The predicted octanol–water partition coefficient (Wildman–Crippen LogP) is 3.03. The molecule has 2 heterocycles. The molecule has 162 valence electrons. The Morgan fingerprint density at radius 1 is 1.13 bits per heavy atom. The molecule has 8 heteroatoms. The minimum Gasteiger partial charge on any atom is -0.454 e. The quantitative estimate of drug-likeness (QED) is 0.696. The smallest absolute Gasteiger partial charge is 0.325 e. The topological polar surface area (TPSA) is 97.0 Å². The number of rotatable bonds is 6. The molecule has 0 bridgehead atoms. The van der Waals surface area contributed by atoms with E-state index in [1.54, 1.807) is 19.1 Å². The van der Waals surface area contributed by atoms with Gasteiger partial charge in [0.25, 0.3) is 5.91 Å². The lowest BCUT2D eigenvalue weighted by molar-refractivity contribution is -0.133. The SMILES string of the molecule is CC(C)c1ccc(NC(=O)CN2C(=O)N[C@](C)(Cc3ccc4c(c3)OCO4)C2=O)cc1. The van der Waals surface area contributed by atoms with Gasteiger partial charge in [-0.3, -0.25) is 14.5 Å². The zero-order valence-electron chi connectivity index (χ0n) is 17.7. The van der Waals surface area contributed by atoms with Crippen LogP contribution in [0.4, 0.5) is 10.5 Å². The number of nitrogens with zero attached hydrogens (tertiary/aromatic N) is 1. The minimum absolute atomic E-state index is 0.162. The van der Waals surface area contributed by atoms with E-state index in [4.69, 9.17) is 9.47 Å². The minimum atomic E-state index is -1.15. The molecule has 4 amide bonds. The second kappa shape index (κ2) is 7.94. The maximum Gasteiger partial charge on any atom is 0.325 e. The van der Waals surface area contributed by atoms with Crippen molar-refractivity contribution in [2.24, 2.45) is 0 Å². The zero-order valence-corrected chi connectivity index (χ0v) is 17.7. The van der Waals surface area contributed by atoms with E-state index in [0.717, 1.165) is 16.0 Å². The van der Waals surface area contributed by atoms with Crippen LogP contribution in [0.2, 0.25) is 0 Å². The lowest BCUT2D eigenvalue weighted by atomic mass is 9.92. The summed E-state index contributed by atoms with van der Waals surface area (Å²) in [6.07, 6.45) is 0.267. The fourth-order valence-electron chi connectivity index (χ4n) is 3.77. The number of imide groups is 1. The molecule has 31 heavy (non-hydrogen) atoms. The van der Waals surface area contributed by atoms with Crippen molar-refractivity contribution in [3.63, 3.8) is 0 Å². The lowest BCUT2D eigenvalue weighted by Crippen LogP contribution is -2.46. The van der Waals surface area contributed by atoms with Gasteiger partial charge in [-0.15, -0.1) is 0 Å². The number of carbonyl (C=O) groups excluding carboxylic acids is 3. The van der Waals surface area contributed by atoms with Gasteiger partial charge in [0.05, 0.1) is 0 Å². The third kappa shape index (κ3) is 4.19. The van der Waals surface area contributed by atoms with Crippen LogP contribution in [-0.2, 0) is 16.0 Å². The van der Waals surface area contributed by atoms with Crippen molar-refractivity contribution in [3.8, 4) is 11.5 Å². The molecule has 8 nitrogen and oxygen atoms in total. The van der Waals surface area contributed by atoms with E-state index in [2.05, 4.69) is 24.5 Å². The van der Waals surface area contributed by atoms with Gasteiger partial charge in [0.1, 0.15) is 12.1 Å². The average Bonchev–Trinajstić information content (AvgIpc) is 3.26. The number of ether oxygens (including phenoxy) is 2. The Morgan fingerprint density at radius 3 is 2.55 bits per heavy atom. The number of carbonyl (C=O) groups is 3. The molecule has 1 atom stereocenters. The fraction of sp³-hybridized carbons (Fsp3) is 0.348. The Balaban J connectivity index is 1.40. The summed E-state index contributed by atoms with van der Waals surface area (Å²) in [7, 11) is 0. The van der Waals surface area contributed by atoms with Crippen molar-refractivity contribution < 1.29 is 23.9 Å². The summed E-state index contributed by atoms with van der Waals surface area (Å²) < 4.78 is 10.7. The van der Waals surface area contributed by atoms with Crippen LogP contribution < -0.4 is 20.1 Å². The van der Waals surface area contributed by atoms with Crippen molar-refractivity contribution in [1.82, 2.24) is 10.2 Å². The summed E-state index contributed by atoms with van der Waals surface area (Å²) in [5.74, 6) is 0.764. The molecule has 4 rings (SSSR count). The number of urea groups is 1. The van der Waals surface area contributed by atoms with Crippen molar-refractivity contribution in [3.05, 3.63) is 53.6 Å². The Bertz CT molecular complexity index is 1030. The number of fused-ring (bicyclic) bond motifs is 1. The Kier molecular flexibility index (Phi) is 5.31. The van der Waals surface area contributed by atoms with Crippen LogP contribution in [0.15, 0.2) is 42.5 Å². The van der Waals surface area contributed by atoms with Gasteiger partial charge < -0.3 is 20.1 Å². The fourth-order valence-corrected chi connectivity index (χ4v) is 3.77. The summed E-state index contributed by atoms with van der Waals surface area (Å²) in [5.41, 5.74) is 1.44. The first-order chi connectivity index (χ1) is 14.7. The molecule has 2 aromatic carbocycles. The highest BCUT2D eigenvalue weighted by Gasteiger charge is 2.48. The molecule has 0 aromatic heterocycles. The summed E-state index contributed by atoms with van der Waals surface area (Å²) in [6.45, 7) is 5.64. The van der Waals surface area contributed by atoms with Crippen molar-refractivity contribution in [1.29, 1.82) is 0 Å². The lowest BCUT2D eigenvalue weighted by Gasteiger charge is -2.22. The Hall–Kier alpha value is -3.55. The number of hydrogen-bond acceptors (Lipinski definition) is 5. The predicted molar refractivity (Wildman–Crippen MR) is 114 cm³/mol. The molecular weight excluding hydrogens is 398 g/mol. The summed E-state index contributed by atoms with van der Waals surface area (Å²) >= 11 is 0. The van der Waals surface area contributed by atoms with E-state index in [0.29, 0.717) is 23.1 Å². The second-order valence-electron chi connectivity index (χ2n) is 8.34. The van der Waals surface area contributed by atoms with Gasteiger partial charge in [0.15, 0.2) is 11.5 Å². The van der Waals surface area contributed by atoms with Gasteiger partial charge >= 0.3 is 6.03 Å². The van der Waals surface area contributed by atoms with Gasteiger partial charge in [0, 0.05) is 12.1 Å². The molecular formula is C23H25N3O5. The van der Waals surface area contributed by atoms with E-state index in [-0.39, 0.29) is 19.8 Å². The average molecular weight is 423 g/mol. The van der Waals surface area contributed by atoms with E-state index in [9.17, 15) is 14.4 Å². The third-order valence-corrected chi connectivity index (χ3v) is 5.50. The molecule has 2 N–H and O–H groups in total. The molecule has 1 fully saturated rings. The van der Waals surface area contributed by atoms with Crippen LogP contribution in [0, 0.1) is 0 Å². The van der Waals surface area contributed by atoms with Crippen molar-refractivity contribution >= 4 is 23.5 Å². The first-order valence-corrected chi connectivity index (χ1v) is 10.2. The maximum atomic E-state index is 13.0. The number of anilines is 1. The molecule has 1 saturated heterocycles. The van der Waals surface area contributed by atoms with E-state index in [1.165, 1.54) is 0 Å². The van der Waals surface area contributed by atoms with Crippen molar-refractivity contribution in [2.45, 2.75) is 38.6 Å². The van der Waals surface area contributed by atoms with Crippen LogP contribution in [0.1, 0.15) is 37.8 Å². The summed E-state index contributed by atoms with van der Waals surface area (Å²) in [5, 5.41) is 5.46. The summed E-state index contributed by atoms with van der Waals surface area (Å²) in [6, 6.07) is 12.3. The van der Waals surface area contributed by atoms with Gasteiger partial charge in [-0.2, -0.15) is 0 Å². The van der Waals surface area contributed by atoms with Gasteiger partial charge in [-0.25, -0.2) is 4.79 Å². The molecule has 2 aliphatic rings. The van der Waals surface area contributed by atoms with E-state index >= 15 is 0 Å². The second-order valence-corrected chi connectivity index (χ2v) is 8.34. The van der Waals surface area contributed by atoms with Crippen LogP contribution in [0.3, 0.4) is 0 Å². The van der Waals surface area contributed by atoms with E-state index in [1.807, 2.05) is 30.3 Å². The van der Waals surface area contributed by atoms with Crippen LogP contribution in [0.5, 0.6) is 11.5 Å². The molecule has 0 aliphatic carbocycles. The molecule has 2 aliphatic heterocycles. The molecule has 0 unspecified atom stereocenters. The van der Waals surface area contributed by atoms with Crippen LogP contribution in [-0.4, -0.2) is 41.6 Å². The van der Waals surface area contributed by atoms with Crippen LogP contribution >= 0.6 is 0 Å². The zero-order chi connectivity index (χ0) is 22.2. The number of amides is 4. The largest absolute Gasteiger partial charge is 0.454 e. The van der Waals surface area contributed by atoms with Gasteiger partial charge in [-0.05, 0) is 48.2 Å². The number of nitrogens with one attached hydrogen (secondary N) is 2. The monoisotopic (exact) mass is 423 g/mol. The molecule has 0 spiro atoms. The molecule has 0 radical (unpaired) electrons. The highest BCUT2D eigenvalue weighted by molar-refractivity contribution is 6.10. The Labute approximate surface area is 180 Å². The summed E-state index contributed by atoms with van der Waals surface area (Å²) in [4.78, 5) is 38.9. The third-order valence-electron chi connectivity index (χ3n) is 5.50. The van der Waals surface area contributed by atoms with Gasteiger partial charge in [0.2, 0.25) is 12.7 Å². The maximum absolute atomic E-state index is 13.0. The highest BCUT2D eigenvalue weighted by atomic mass is 16.7. The Morgan fingerprint density at radius 2 is 1.84 bits per heavy atom.